The van der Waals surface area contributed by atoms with E-state index in [4.69, 9.17) is 0 Å². The highest BCUT2D eigenvalue weighted by atomic mass is 16.2. The van der Waals surface area contributed by atoms with E-state index < -0.39 is 6.04 Å². The number of imide groups is 1. The molecule has 0 aliphatic carbocycles. The monoisotopic (exact) mass is 579 g/mol. The minimum Gasteiger partial charge on any atom is -0.371 e. The van der Waals surface area contributed by atoms with Crippen LogP contribution in [-0.4, -0.2) is 69.4 Å². The number of carbonyl (C=O) groups is 3. The summed E-state index contributed by atoms with van der Waals surface area (Å²) < 4.78 is 0. The maximum Gasteiger partial charge on any atom is 0.249 e. The average Bonchev–Trinajstić information content (AvgIpc) is 2.98. The Kier molecular flexibility index (Phi) is 14.4. The first-order valence-electron chi connectivity index (χ1n) is 15.6. The number of nitrogens with one attached hydrogen (secondary N) is 1. The quantitative estimate of drug-likeness (QED) is 0.228. The summed E-state index contributed by atoms with van der Waals surface area (Å²) in [6, 6.07) is 5.53. The topological polar surface area (TPSA) is 76.2 Å². The molecular weight excluding hydrogens is 526 g/mol. The molecule has 0 spiro atoms. The van der Waals surface area contributed by atoms with Crippen LogP contribution >= 0.6 is 0 Å². The van der Waals surface area contributed by atoms with Crippen molar-refractivity contribution < 1.29 is 14.4 Å². The maximum absolute atomic E-state index is 12.5. The summed E-state index contributed by atoms with van der Waals surface area (Å²) in [6.45, 7) is 18.2. The molecule has 8 nitrogen and oxygen atoms in total. The third-order valence-corrected chi connectivity index (χ3v) is 8.05. The Hall–Kier alpha value is -3.55. The summed E-state index contributed by atoms with van der Waals surface area (Å²) in [5.41, 5.74) is 3.79. The lowest BCUT2D eigenvalue weighted by Crippen LogP contribution is -2.52. The van der Waals surface area contributed by atoms with E-state index in [1.54, 1.807) is 11.9 Å². The lowest BCUT2D eigenvalue weighted by molar-refractivity contribution is -0.134. The summed E-state index contributed by atoms with van der Waals surface area (Å²) in [4.78, 5) is 44.4. The first-order valence-corrected chi connectivity index (χ1v) is 15.6. The van der Waals surface area contributed by atoms with Crippen LogP contribution in [0.5, 0.6) is 0 Å². The first-order chi connectivity index (χ1) is 20.3. The highest BCUT2D eigenvalue weighted by molar-refractivity contribution is 6.03. The zero-order chi connectivity index (χ0) is 31.2. The van der Waals surface area contributed by atoms with Gasteiger partial charge in [-0.3, -0.25) is 19.7 Å². The number of hydrogen-bond acceptors (Lipinski definition) is 6. The molecule has 3 amide bonds. The van der Waals surface area contributed by atoms with Crippen LogP contribution in [0.3, 0.4) is 0 Å². The van der Waals surface area contributed by atoms with E-state index in [-0.39, 0.29) is 11.8 Å². The number of carbonyl (C=O) groups excluding carboxylic acids is 3. The van der Waals surface area contributed by atoms with Gasteiger partial charge in [-0.2, -0.15) is 0 Å². The van der Waals surface area contributed by atoms with Crippen LogP contribution < -0.4 is 20.0 Å². The van der Waals surface area contributed by atoms with E-state index in [2.05, 4.69) is 53.8 Å². The predicted molar refractivity (Wildman–Crippen MR) is 176 cm³/mol. The Bertz CT molecular complexity index is 1100. The number of allylic oxidation sites excluding steroid dienone is 4. The molecule has 8 heteroatoms. The van der Waals surface area contributed by atoms with Crippen molar-refractivity contribution in [1.82, 2.24) is 10.2 Å². The molecule has 0 saturated carbocycles. The van der Waals surface area contributed by atoms with Crippen LogP contribution in [0.25, 0.3) is 0 Å². The van der Waals surface area contributed by atoms with Gasteiger partial charge in [-0.05, 0) is 62.3 Å². The van der Waals surface area contributed by atoms with Gasteiger partial charge in [-0.15, -0.1) is 0 Å². The molecule has 0 aromatic heterocycles. The standard InChI is InChI=1S/C29H39N5O3.C3H8.C2H6/c1-5-7-9-23(6-2)34-18-22(19-34)21-14-16-33(17-15-21)25-11-8-10-24(28(25)31(3)20-35)32(4)26-12-13-27(36)30-29(26)37;1-3-2;1-2/h5-11,20-22,26H,2,12-19H2,1,3-4H3,(H,30,36,37);3H2,1-2H3;1-2H3/b7-5-,23-9+;;. The van der Waals surface area contributed by atoms with E-state index in [9.17, 15) is 14.4 Å². The molecule has 1 unspecified atom stereocenters. The Morgan fingerprint density at radius 2 is 1.71 bits per heavy atom. The normalized spacial score (nSPS) is 19.6. The Morgan fingerprint density at radius 3 is 2.26 bits per heavy atom. The molecule has 1 aromatic rings. The first kappa shape index (κ1) is 34.7. The number of anilines is 3. The number of likely N-dealkylation sites (tertiary alicyclic amines) is 1. The molecule has 0 radical (unpaired) electrons. The van der Waals surface area contributed by atoms with Gasteiger partial charge < -0.3 is 19.6 Å². The zero-order valence-electron chi connectivity index (χ0n) is 26.9. The van der Waals surface area contributed by atoms with Gasteiger partial charge in [0.15, 0.2) is 0 Å². The van der Waals surface area contributed by atoms with Crippen LogP contribution in [0.15, 0.2) is 54.8 Å². The van der Waals surface area contributed by atoms with Gasteiger partial charge in [0.05, 0.1) is 17.1 Å². The predicted octanol–water partition coefficient (Wildman–Crippen LogP) is 5.76. The summed E-state index contributed by atoms with van der Waals surface area (Å²) in [7, 11) is 3.61. The number of amides is 3. The number of piperidine rings is 2. The molecule has 0 bridgehead atoms. The van der Waals surface area contributed by atoms with Crippen molar-refractivity contribution in [2.75, 3.05) is 55.0 Å². The fourth-order valence-corrected chi connectivity index (χ4v) is 5.82. The van der Waals surface area contributed by atoms with Crippen LogP contribution in [0, 0.1) is 11.8 Å². The lowest BCUT2D eigenvalue weighted by atomic mass is 9.79. The highest BCUT2D eigenvalue weighted by Gasteiger charge is 2.37. The molecule has 3 heterocycles. The lowest BCUT2D eigenvalue weighted by Gasteiger charge is -2.48. The molecule has 1 N–H and O–H groups in total. The second-order valence-corrected chi connectivity index (χ2v) is 11.0. The van der Waals surface area contributed by atoms with Crippen molar-refractivity contribution in [2.24, 2.45) is 11.8 Å². The minimum absolute atomic E-state index is 0.236. The summed E-state index contributed by atoms with van der Waals surface area (Å²) in [5, 5.41) is 2.44. The second-order valence-electron chi connectivity index (χ2n) is 11.0. The van der Waals surface area contributed by atoms with Gasteiger partial charge in [0.25, 0.3) is 0 Å². The summed E-state index contributed by atoms with van der Waals surface area (Å²) >= 11 is 0. The molecule has 42 heavy (non-hydrogen) atoms. The van der Waals surface area contributed by atoms with E-state index >= 15 is 0 Å². The smallest absolute Gasteiger partial charge is 0.249 e. The molecular formula is C34H53N5O3. The van der Waals surface area contributed by atoms with Crippen molar-refractivity contribution >= 4 is 35.3 Å². The van der Waals surface area contributed by atoms with E-state index in [0.29, 0.717) is 24.7 Å². The van der Waals surface area contributed by atoms with Crippen molar-refractivity contribution in [3.8, 4) is 0 Å². The fourth-order valence-electron chi connectivity index (χ4n) is 5.82. The zero-order valence-corrected chi connectivity index (χ0v) is 26.9. The van der Waals surface area contributed by atoms with Crippen molar-refractivity contribution in [3.63, 3.8) is 0 Å². The Morgan fingerprint density at radius 1 is 1.07 bits per heavy atom. The number of likely N-dealkylation sites (N-methyl/N-ethyl adjacent to an activating group) is 1. The van der Waals surface area contributed by atoms with E-state index in [0.717, 1.165) is 62.5 Å². The van der Waals surface area contributed by atoms with Crippen LogP contribution in [0.2, 0.25) is 0 Å². The van der Waals surface area contributed by atoms with Gasteiger partial charge in [0.1, 0.15) is 6.04 Å². The SMILES string of the molecule is C=C/C(=C\C=C/C)N1CC(C2CCN(c3cccc(N(C)C4CCC(=O)NC4=O)c3N(C)C=O)CC2)C1.CC.CCC. The van der Waals surface area contributed by atoms with E-state index in [1.165, 1.54) is 12.1 Å². The number of benzene rings is 1. The Balaban J connectivity index is 0.00000116. The van der Waals surface area contributed by atoms with Gasteiger partial charge in [-0.1, -0.05) is 58.9 Å². The molecule has 3 saturated heterocycles. The van der Waals surface area contributed by atoms with Gasteiger partial charge >= 0.3 is 0 Å². The second kappa shape index (κ2) is 17.4. The summed E-state index contributed by atoms with van der Waals surface area (Å²) in [6.07, 6.45) is 13.2. The molecule has 4 rings (SSSR count). The largest absolute Gasteiger partial charge is 0.371 e. The van der Waals surface area contributed by atoms with Crippen molar-refractivity contribution in [3.05, 3.63) is 54.8 Å². The number of nitrogens with zero attached hydrogens (tertiary/aromatic N) is 4. The van der Waals surface area contributed by atoms with Crippen LogP contribution in [0.4, 0.5) is 17.1 Å². The third kappa shape index (κ3) is 8.49. The minimum atomic E-state index is -0.457. The fraction of sp³-hybridized carbons (Fsp3) is 0.559. The highest BCUT2D eigenvalue weighted by Crippen LogP contribution is 2.41. The number of para-hydroxylation sites is 1. The molecule has 3 aliphatic heterocycles. The number of hydrogen-bond donors (Lipinski definition) is 1. The number of rotatable bonds is 9. The van der Waals surface area contributed by atoms with Crippen molar-refractivity contribution in [1.29, 1.82) is 0 Å². The summed E-state index contributed by atoms with van der Waals surface area (Å²) in [5.74, 6) is 0.847. The third-order valence-electron chi connectivity index (χ3n) is 8.05. The molecule has 3 aliphatic rings. The van der Waals surface area contributed by atoms with E-state index in [1.807, 2.05) is 57.0 Å². The molecule has 232 valence electrons. The average molecular weight is 580 g/mol. The van der Waals surface area contributed by atoms with Gasteiger partial charge in [0.2, 0.25) is 18.2 Å². The van der Waals surface area contributed by atoms with Crippen LogP contribution in [-0.2, 0) is 14.4 Å². The molecule has 3 fully saturated rings. The van der Waals surface area contributed by atoms with Crippen LogP contribution in [0.1, 0.15) is 66.7 Å². The van der Waals surface area contributed by atoms with Gasteiger partial charge in [0, 0.05) is 52.4 Å². The Labute approximate surface area is 254 Å². The maximum atomic E-state index is 12.5. The molecule has 1 atom stereocenters. The van der Waals surface area contributed by atoms with Gasteiger partial charge in [-0.25, -0.2) is 0 Å². The van der Waals surface area contributed by atoms with Crippen molar-refractivity contribution in [2.45, 2.75) is 72.8 Å². The molecule has 1 aromatic carbocycles.